The van der Waals surface area contributed by atoms with Gasteiger partial charge in [-0.15, -0.1) is 0 Å². The monoisotopic (exact) mass is 491 g/mol. The summed E-state index contributed by atoms with van der Waals surface area (Å²) < 4.78 is 27.1. The molecular formula is C24H30ClN3O4S. The van der Waals surface area contributed by atoms with E-state index in [9.17, 15) is 18.0 Å². The van der Waals surface area contributed by atoms with E-state index in [0.29, 0.717) is 55.3 Å². The summed E-state index contributed by atoms with van der Waals surface area (Å²) in [6.07, 6.45) is 1.37. The number of rotatable bonds is 7. The summed E-state index contributed by atoms with van der Waals surface area (Å²) in [4.78, 5) is 27.7. The highest BCUT2D eigenvalue weighted by Gasteiger charge is 2.30. The molecule has 1 atom stereocenters. The maximum absolute atomic E-state index is 13.0. The number of hydrogen-bond donors (Lipinski definition) is 1. The zero-order valence-corrected chi connectivity index (χ0v) is 20.7. The second-order valence-electron chi connectivity index (χ2n) is 8.15. The molecule has 0 saturated carbocycles. The molecular weight excluding hydrogens is 462 g/mol. The Balaban J connectivity index is 1.74. The first-order valence-corrected chi connectivity index (χ1v) is 13.0. The van der Waals surface area contributed by atoms with Crippen LogP contribution in [0.25, 0.3) is 0 Å². The largest absolute Gasteiger partial charge is 0.338 e. The van der Waals surface area contributed by atoms with Gasteiger partial charge in [0, 0.05) is 42.5 Å². The topological polar surface area (TPSA) is 86.8 Å². The SMILES string of the molecule is CCN(CC)S(=O)(=O)c1ccc(C)c(NC(=O)[C@@H]2CCCN(C(=O)c3ccc(Cl)cc3)C2)c1. The number of sulfonamides is 1. The number of carbonyl (C=O) groups is 2. The Morgan fingerprint density at radius 1 is 1.12 bits per heavy atom. The van der Waals surface area contributed by atoms with E-state index in [-0.39, 0.29) is 22.6 Å². The number of likely N-dealkylation sites (tertiary alicyclic amines) is 1. The van der Waals surface area contributed by atoms with Crippen molar-refractivity contribution in [3.05, 3.63) is 58.6 Å². The quantitative estimate of drug-likeness (QED) is 0.629. The van der Waals surface area contributed by atoms with Gasteiger partial charge in [0.15, 0.2) is 0 Å². The fourth-order valence-electron chi connectivity index (χ4n) is 3.99. The van der Waals surface area contributed by atoms with E-state index in [1.165, 1.54) is 10.4 Å². The molecule has 2 aromatic carbocycles. The summed E-state index contributed by atoms with van der Waals surface area (Å²) in [5.41, 5.74) is 1.77. The molecule has 1 aliphatic heterocycles. The molecule has 3 rings (SSSR count). The number of piperidine rings is 1. The summed E-state index contributed by atoms with van der Waals surface area (Å²) >= 11 is 5.91. The van der Waals surface area contributed by atoms with E-state index in [4.69, 9.17) is 11.6 Å². The minimum atomic E-state index is -3.64. The van der Waals surface area contributed by atoms with Crippen molar-refractivity contribution in [2.75, 3.05) is 31.5 Å². The van der Waals surface area contributed by atoms with Crippen LogP contribution in [-0.2, 0) is 14.8 Å². The molecule has 1 fully saturated rings. The van der Waals surface area contributed by atoms with E-state index in [2.05, 4.69) is 5.32 Å². The zero-order chi connectivity index (χ0) is 24.2. The standard InChI is InChI=1S/C24H30ClN3O4S/c1-4-28(5-2)33(31,32)21-13-8-17(3)22(15-21)26-23(29)19-7-6-14-27(16-19)24(30)18-9-11-20(25)12-10-18/h8-13,15,19H,4-7,14,16H2,1-3H3,(H,26,29)/t19-/m1/s1. The summed E-state index contributed by atoms with van der Waals surface area (Å²) in [5.74, 6) is -0.728. The second kappa shape index (κ2) is 10.7. The Morgan fingerprint density at radius 3 is 2.42 bits per heavy atom. The van der Waals surface area contributed by atoms with Crippen LogP contribution in [0.15, 0.2) is 47.4 Å². The van der Waals surface area contributed by atoms with E-state index >= 15 is 0 Å². The number of nitrogens with one attached hydrogen (secondary N) is 1. The fraction of sp³-hybridized carbons (Fsp3) is 0.417. The smallest absolute Gasteiger partial charge is 0.253 e. The molecule has 0 spiro atoms. The van der Waals surface area contributed by atoms with Crippen LogP contribution >= 0.6 is 11.6 Å². The molecule has 1 saturated heterocycles. The predicted molar refractivity (Wildman–Crippen MR) is 130 cm³/mol. The minimum Gasteiger partial charge on any atom is -0.338 e. The van der Waals surface area contributed by atoms with E-state index in [1.807, 2.05) is 6.92 Å². The first-order valence-electron chi connectivity index (χ1n) is 11.1. The van der Waals surface area contributed by atoms with Crippen molar-refractivity contribution in [3.8, 4) is 0 Å². The number of halogens is 1. The first kappa shape index (κ1) is 25.2. The Labute approximate surface area is 200 Å². The Bertz CT molecular complexity index is 1120. The van der Waals surface area contributed by atoms with Crippen LogP contribution in [0.5, 0.6) is 0 Å². The Morgan fingerprint density at radius 2 is 1.79 bits per heavy atom. The molecule has 7 nitrogen and oxygen atoms in total. The van der Waals surface area contributed by atoms with Crippen molar-refractivity contribution in [1.82, 2.24) is 9.21 Å². The van der Waals surface area contributed by atoms with Crippen LogP contribution in [-0.4, -0.2) is 55.6 Å². The van der Waals surface area contributed by atoms with Gasteiger partial charge < -0.3 is 10.2 Å². The number of anilines is 1. The maximum Gasteiger partial charge on any atom is 0.253 e. The third-order valence-electron chi connectivity index (χ3n) is 5.98. The van der Waals surface area contributed by atoms with Crippen LogP contribution in [0.2, 0.25) is 5.02 Å². The highest BCUT2D eigenvalue weighted by atomic mass is 35.5. The summed E-state index contributed by atoms with van der Waals surface area (Å²) in [6, 6.07) is 11.5. The third-order valence-corrected chi connectivity index (χ3v) is 8.28. The van der Waals surface area contributed by atoms with Crippen molar-refractivity contribution >= 4 is 39.1 Å². The fourth-order valence-corrected chi connectivity index (χ4v) is 5.61. The number of hydrogen-bond acceptors (Lipinski definition) is 4. The molecule has 9 heteroatoms. The van der Waals surface area contributed by atoms with Gasteiger partial charge in [0.1, 0.15) is 0 Å². The van der Waals surface area contributed by atoms with Crippen molar-refractivity contribution in [3.63, 3.8) is 0 Å². The highest BCUT2D eigenvalue weighted by Crippen LogP contribution is 2.25. The van der Waals surface area contributed by atoms with Gasteiger partial charge in [0.2, 0.25) is 15.9 Å². The van der Waals surface area contributed by atoms with Crippen LogP contribution in [0.4, 0.5) is 5.69 Å². The van der Waals surface area contributed by atoms with Gasteiger partial charge in [-0.25, -0.2) is 8.42 Å². The molecule has 2 aromatic rings. The lowest BCUT2D eigenvalue weighted by Gasteiger charge is -2.32. The lowest BCUT2D eigenvalue weighted by Crippen LogP contribution is -2.43. The van der Waals surface area contributed by atoms with Gasteiger partial charge in [-0.1, -0.05) is 31.5 Å². The number of aryl methyl sites for hydroxylation is 1. The molecule has 1 N–H and O–H groups in total. The van der Waals surface area contributed by atoms with Crippen LogP contribution in [0, 0.1) is 12.8 Å². The lowest BCUT2D eigenvalue weighted by molar-refractivity contribution is -0.121. The molecule has 0 radical (unpaired) electrons. The van der Waals surface area contributed by atoms with Crippen molar-refractivity contribution in [1.29, 1.82) is 0 Å². The van der Waals surface area contributed by atoms with Crippen molar-refractivity contribution in [2.45, 2.75) is 38.5 Å². The Hall–Kier alpha value is -2.42. The molecule has 2 amide bonds. The second-order valence-corrected chi connectivity index (χ2v) is 10.5. The average molecular weight is 492 g/mol. The highest BCUT2D eigenvalue weighted by molar-refractivity contribution is 7.89. The molecule has 0 aliphatic carbocycles. The maximum atomic E-state index is 13.0. The van der Waals surface area contributed by atoms with Crippen LogP contribution in [0.3, 0.4) is 0 Å². The normalized spacial score (nSPS) is 16.6. The molecule has 1 heterocycles. The van der Waals surface area contributed by atoms with Crippen molar-refractivity contribution < 1.29 is 18.0 Å². The number of nitrogens with zero attached hydrogens (tertiary/aromatic N) is 2. The number of benzene rings is 2. The zero-order valence-electron chi connectivity index (χ0n) is 19.2. The van der Waals surface area contributed by atoms with E-state index in [0.717, 1.165) is 5.56 Å². The summed E-state index contributed by atoms with van der Waals surface area (Å²) in [5, 5.41) is 3.46. The minimum absolute atomic E-state index is 0.132. The Kier molecular flexibility index (Phi) is 8.15. The van der Waals surface area contributed by atoms with Gasteiger partial charge >= 0.3 is 0 Å². The summed E-state index contributed by atoms with van der Waals surface area (Å²) in [7, 11) is -3.64. The average Bonchev–Trinajstić information content (AvgIpc) is 2.81. The van der Waals surface area contributed by atoms with Crippen molar-refractivity contribution in [2.24, 2.45) is 5.92 Å². The van der Waals surface area contributed by atoms with Gasteiger partial charge in [-0.3, -0.25) is 9.59 Å². The van der Waals surface area contributed by atoms with E-state index < -0.39 is 10.0 Å². The van der Waals surface area contributed by atoms with Gasteiger partial charge in [-0.05, 0) is 61.7 Å². The van der Waals surface area contributed by atoms with Gasteiger partial charge in [0.05, 0.1) is 10.8 Å². The van der Waals surface area contributed by atoms with Gasteiger partial charge in [-0.2, -0.15) is 4.31 Å². The van der Waals surface area contributed by atoms with Gasteiger partial charge in [0.25, 0.3) is 5.91 Å². The lowest BCUT2D eigenvalue weighted by atomic mass is 9.96. The number of carbonyl (C=O) groups excluding carboxylic acids is 2. The molecule has 0 bridgehead atoms. The third kappa shape index (κ3) is 5.75. The van der Waals surface area contributed by atoms with Crippen LogP contribution < -0.4 is 5.32 Å². The molecule has 0 aromatic heterocycles. The predicted octanol–water partition coefficient (Wildman–Crippen LogP) is 4.17. The van der Waals surface area contributed by atoms with E-state index in [1.54, 1.807) is 55.1 Å². The number of amides is 2. The first-order chi connectivity index (χ1) is 15.7. The molecule has 178 valence electrons. The molecule has 0 unspecified atom stereocenters. The summed E-state index contributed by atoms with van der Waals surface area (Å²) in [6.45, 7) is 7.03. The van der Waals surface area contributed by atoms with Crippen LogP contribution in [0.1, 0.15) is 42.6 Å². The molecule has 1 aliphatic rings. The molecule has 33 heavy (non-hydrogen) atoms.